The van der Waals surface area contributed by atoms with Crippen molar-refractivity contribution in [1.29, 1.82) is 0 Å². The summed E-state index contributed by atoms with van der Waals surface area (Å²) < 4.78 is 10.7. The number of amides is 2. The van der Waals surface area contributed by atoms with Crippen molar-refractivity contribution >= 4 is 12.0 Å². The average Bonchev–Trinajstić information content (AvgIpc) is 2.51. The second-order valence-corrected chi connectivity index (χ2v) is 6.95. The molecule has 1 aliphatic rings. The molecule has 2 rings (SSSR count). The Labute approximate surface area is 143 Å². The second kappa shape index (κ2) is 7.66. The lowest BCUT2D eigenvalue weighted by atomic mass is 10.0. The Morgan fingerprint density at radius 1 is 1.29 bits per heavy atom. The predicted molar refractivity (Wildman–Crippen MR) is 90.5 cm³/mol. The van der Waals surface area contributed by atoms with Gasteiger partial charge < -0.3 is 19.7 Å². The monoisotopic (exact) mass is 334 g/mol. The average molecular weight is 334 g/mol. The Balaban J connectivity index is 2.20. The molecule has 0 bridgehead atoms. The third-order valence-electron chi connectivity index (χ3n) is 3.69. The van der Waals surface area contributed by atoms with Crippen molar-refractivity contribution in [3.63, 3.8) is 0 Å². The standard InChI is InChI=1S/C18H26N2O4/c1-13-12-23-11-10-20(13)16(21)15(14-8-6-5-7-9-14)19-17(22)24-18(2,3)4/h5-9,13,15H,10-12H2,1-4H3,(H,19,22). The normalized spacial score (nSPS) is 19.5. The first kappa shape index (κ1) is 18.3. The maximum absolute atomic E-state index is 13.0. The lowest BCUT2D eigenvalue weighted by molar-refractivity contribution is -0.141. The fraction of sp³-hybridized carbons (Fsp3) is 0.556. The van der Waals surface area contributed by atoms with Gasteiger partial charge in [-0.15, -0.1) is 0 Å². The maximum atomic E-state index is 13.0. The van der Waals surface area contributed by atoms with E-state index in [1.165, 1.54) is 0 Å². The summed E-state index contributed by atoms with van der Waals surface area (Å²) in [5.74, 6) is -0.150. The topological polar surface area (TPSA) is 67.9 Å². The molecule has 2 unspecified atom stereocenters. The number of carbonyl (C=O) groups excluding carboxylic acids is 2. The number of ether oxygens (including phenoxy) is 2. The van der Waals surface area contributed by atoms with Crippen molar-refractivity contribution in [2.75, 3.05) is 19.8 Å². The van der Waals surface area contributed by atoms with Gasteiger partial charge in [-0.25, -0.2) is 4.79 Å². The molecule has 0 radical (unpaired) electrons. The van der Waals surface area contributed by atoms with Crippen LogP contribution >= 0.6 is 0 Å². The van der Waals surface area contributed by atoms with Gasteiger partial charge in [-0.1, -0.05) is 30.3 Å². The highest BCUT2D eigenvalue weighted by Crippen LogP contribution is 2.20. The lowest BCUT2D eigenvalue weighted by Gasteiger charge is -2.36. The van der Waals surface area contributed by atoms with Crippen LogP contribution in [-0.4, -0.2) is 48.3 Å². The minimum atomic E-state index is -0.776. The quantitative estimate of drug-likeness (QED) is 0.922. The fourth-order valence-electron chi connectivity index (χ4n) is 2.58. The molecule has 6 nitrogen and oxygen atoms in total. The first-order valence-electron chi connectivity index (χ1n) is 8.20. The van der Waals surface area contributed by atoms with Crippen molar-refractivity contribution < 1.29 is 19.1 Å². The molecule has 1 aliphatic heterocycles. The second-order valence-electron chi connectivity index (χ2n) is 6.95. The summed E-state index contributed by atoms with van der Waals surface area (Å²) in [6.45, 7) is 8.82. The molecule has 1 saturated heterocycles. The molecule has 1 aromatic carbocycles. The molecule has 2 atom stereocenters. The van der Waals surface area contributed by atoms with Gasteiger partial charge in [0.1, 0.15) is 11.6 Å². The van der Waals surface area contributed by atoms with Gasteiger partial charge in [0.25, 0.3) is 0 Å². The molecule has 1 fully saturated rings. The molecule has 1 heterocycles. The van der Waals surface area contributed by atoms with Crippen LogP contribution in [-0.2, 0) is 14.3 Å². The van der Waals surface area contributed by atoms with E-state index in [9.17, 15) is 9.59 Å². The van der Waals surface area contributed by atoms with Gasteiger partial charge in [0.05, 0.1) is 19.3 Å². The van der Waals surface area contributed by atoms with Crippen LogP contribution in [0.1, 0.15) is 39.3 Å². The molecule has 0 saturated carbocycles. The van der Waals surface area contributed by atoms with Crippen molar-refractivity contribution in [2.24, 2.45) is 0 Å². The van der Waals surface area contributed by atoms with E-state index in [2.05, 4.69) is 5.32 Å². The number of hydrogen-bond acceptors (Lipinski definition) is 4. The predicted octanol–water partition coefficient (Wildman–Crippen LogP) is 2.50. The van der Waals surface area contributed by atoms with Crippen LogP contribution in [0.2, 0.25) is 0 Å². The van der Waals surface area contributed by atoms with E-state index in [1.54, 1.807) is 25.7 Å². The molecule has 1 aromatic rings. The molecule has 2 amide bonds. The van der Waals surface area contributed by atoms with Crippen molar-refractivity contribution in [1.82, 2.24) is 10.2 Å². The Hall–Kier alpha value is -2.08. The molecule has 0 aliphatic carbocycles. The van der Waals surface area contributed by atoms with Crippen LogP contribution in [0.5, 0.6) is 0 Å². The maximum Gasteiger partial charge on any atom is 0.408 e. The zero-order valence-electron chi connectivity index (χ0n) is 14.7. The summed E-state index contributed by atoms with van der Waals surface area (Å²) in [6, 6.07) is 8.40. The summed E-state index contributed by atoms with van der Waals surface area (Å²) in [7, 11) is 0. The van der Waals surface area contributed by atoms with E-state index in [-0.39, 0.29) is 11.9 Å². The number of hydrogen-bond donors (Lipinski definition) is 1. The molecule has 0 spiro atoms. The first-order valence-corrected chi connectivity index (χ1v) is 8.20. The van der Waals surface area contributed by atoms with Crippen molar-refractivity contribution in [3.05, 3.63) is 35.9 Å². The highest BCUT2D eigenvalue weighted by molar-refractivity contribution is 5.87. The van der Waals surface area contributed by atoms with Gasteiger partial charge in [0.2, 0.25) is 5.91 Å². The fourth-order valence-corrected chi connectivity index (χ4v) is 2.58. The molecule has 132 valence electrons. The Bertz CT molecular complexity index is 568. The number of alkyl carbamates (subject to hydrolysis) is 1. The highest BCUT2D eigenvalue weighted by Gasteiger charge is 2.32. The molecular formula is C18H26N2O4. The van der Waals surface area contributed by atoms with Crippen LogP contribution in [0, 0.1) is 0 Å². The zero-order valence-corrected chi connectivity index (χ0v) is 14.7. The van der Waals surface area contributed by atoms with Gasteiger partial charge >= 0.3 is 6.09 Å². The Kier molecular flexibility index (Phi) is 5.83. The summed E-state index contributed by atoms with van der Waals surface area (Å²) in [5.41, 5.74) is 0.104. The van der Waals surface area contributed by atoms with Gasteiger partial charge in [0, 0.05) is 6.54 Å². The van der Waals surface area contributed by atoms with Crippen molar-refractivity contribution in [3.8, 4) is 0 Å². The van der Waals surface area contributed by atoms with Crippen LogP contribution in [0.3, 0.4) is 0 Å². The van der Waals surface area contributed by atoms with E-state index >= 15 is 0 Å². The van der Waals surface area contributed by atoms with Crippen LogP contribution in [0.15, 0.2) is 30.3 Å². The Morgan fingerprint density at radius 3 is 2.54 bits per heavy atom. The minimum absolute atomic E-state index is 0.0297. The third kappa shape index (κ3) is 4.96. The van der Waals surface area contributed by atoms with Gasteiger partial charge in [-0.3, -0.25) is 4.79 Å². The lowest BCUT2D eigenvalue weighted by Crippen LogP contribution is -2.52. The summed E-state index contributed by atoms with van der Waals surface area (Å²) >= 11 is 0. The summed E-state index contributed by atoms with van der Waals surface area (Å²) in [6.07, 6.45) is -0.606. The summed E-state index contributed by atoms with van der Waals surface area (Å²) in [5, 5.41) is 2.71. The van der Waals surface area contributed by atoms with Gasteiger partial charge in [0.15, 0.2) is 0 Å². The molecule has 24 heavy (non-hydrogen) atoms. The highest BCUT2D eigenvalue weighted by atomic mass is 16.6. The van der Waals surface area contributed by atoms with Gasteiger partial charge in [-0.05, 0) is 33.3 Å². The largest absolute Gasteiger partial charge is 0.444 e. The Morgan fingerprint density at radius 2 is 1.96 bits per heavy atom. The van der Waals surface area contributed by atoms with E-state index in [4.69, 9.17) is 9.47 Å². The van der Waals surface area contributed by atoms with Crippen LogP contribution in [0.25, 0.3) is 0 Å². The molecule has 1 N–H and O–H groups in total. The molecule has 6 heteroatoms. The van der Waals surface area contributed by atoms with Crippen LogP contribution < -0.4 is 5.32 Å². The van der Waals surface area contributed by atoms with E-state index in [0.717, 1.165) is 5.56 Å². The minimum Gasteiger partial charge on any atom is -0.444 e. The molecular weight excluding hydrogens is 308 g/mol. The third-order valence-corrected chi connectivity index (χ3v) is 3.69. The van der Waals surface area contributed by atoms with E-state index in [1.807, 2.05) is 37.3 Å². The number of nitrogens with zero attached hydrogens (tertiary/aromatic N) is 1. The smallest absolute Gasteiger partial charge is 0.408 e. The number of benzene rings is 1. The number of rotatable bonds is 3. The summed E-state index contributed by atoms with van der Waals surface area (Å²) in [4.78, 5) is 26.9. The zero-order chi connectivity index (χ0) is 17.7. The number of nitrogens with one attached hydrogen (secondary N) is 1. The van der Waals surface area contributed by atoms with Gasteiger partial charge in [-0.2, -0.15) is 0 Å². The van der Waals surface area contributed by atoms with E-state index in [0.29, 0.717) is 19.8 Å². The number of morpholine rings is 1. The first-order chi connectivity index (χ1) is 11.3. The van der Waals surface area contributed by atoms with Crippen molar-refractivity contribution in [2.45, 2.75) is 45.4 Å². The van der Waals surface area contributed by atoms with Crippen LogP contribution in [0.4, 0.5) is 4.79 Å². The van der Waals surface area contributed by atoms with E-state index < -0.39 is 17.7 Å². The SMILES string of the molecule is CC1COCCN1C(=O)C(NC(=O)OC(C)(C)C)c1ccccc1. The number of carbonyl (C=O) groups is 2. The molecule has 0 aromatic heterocycles.